The summed E-state index contributed by atoms with van der Waals surface area (Å²) in [6.07, 6.45) is 4.20. The molecule has 0 aromatic carbocycles. The SMILES string of the molecule is COCCNCCC(C)(O)c1cnn(C)c1. The molecular weight excluding hydrogens is 206 g/mol. The van der Waals surface area contributed by atoms with Gasteiger partial charge in [-0.3, -0.25) is 4.68 Å². The molecule has 2 N–H and O–H groups in total. The molecule has 1 unspecified atom stereocenters. The molecule has 5 nitrogen and oxygen atoms in total. The molecule has 0 aliphatic heterocycles. The highest BCUT2D eigenvalue weighted by Crippen LogP contribution is 2.22. The smallest absolute Gasteiger partial charge is 0.0910 e. The van der Waals surface area contributed by atoms with E-state index in [2.05, 4.69) is 10.4 Å². The van der Waals surface area contributed by atoms with Crippen LogP contribution in [-0.4, -0.2) is 41.7 Å². The predicted octanol–water partition coefficient (Wildman–Crippen LogP) is 0.254. The Bertz CT molecular complexity index is 310. The first-order valence-corrected chi connectivity index (χ1v) is 5.47. The van der Waals surface area contributed by atoms with E-state index in [1.165, 1.54) is 0 Å². The van der Waals surface area contributed by atoms with Crippen molar-refractivity contribution >= 4 is 0 Å². The second-order valence-electron chi connectivity index (χ2n) is 4.17. The van der Waals surface area contributed by atoms with Crippen LogP contribution in [0.2, 0.25) is 0 Å². The van der Waals surface area contributed by atoms with Crippen molar-refractivity contribution in [3.8, 4) is 0 Å². The van der Waals surface area contributed by atoms with Crippen LogP contribution in [0.15, 0.2) is 12.4 Å². The van der Waals surface area contributed by atoms with E-state index < -0.39 is 5.60 Å². The zero-order valence-electron chi connectivity index (χ0n) is 10.2. The molecule has 0 spiro atoms. The number of nitrogens with one attached hydrogen (secondary N) is 1. The molecule has 92 valence electrons. The third-order valence-corrected chi connectivity index (χ3v) is 2.60. The summed E-state index contributed by atoms with van der Waals surface area (Å²) in [6, 6.07) is 0. The minimum atomic E-state index is -0.825. The third-order valence-electron chi connectivity index (χ3n) is 2.60. The standard InChI is InChI=1S/C11H21N3O2/c1-11(15,4-5-12-6-7-16-3)10-8-13-14(2)9-10/h8-9,12,15H,4-7H2,1-3H3. The second kappa shape index (κ2) is 5.98. The fourth-order valence-electron chi connectivity index (χ4n) is 1.47. The van der Waals surface area contributed by atoms with E-state index in [0.29, 0.717) is 13.0 Å². The molecule has 1 atom stereocenters. The molecular formula is C11H21N3O2. The summed E-state index contributed by atoms with van der Waals surface area (Å²) >= 11 is 0. The quantitative estimate of drug-likeness (QED) is 0.656. The number of hydrogen-bond donors (Lipinski definition) is 2. The lowest BCUT2D eigenvalue weighted by molar-refractivity contribution is 0.0474. The number of aliphatic hydroxyl groups is 1. The van der Waals surface area contributed by atoms with Gasteiger partial charge in [-0.1, -0.05) is 0 Å². The Morgan fingerprint density at radius 3 is 2.88 bits per heavy atom. The van der Waals surface area contributed by atoms with Crippen molar-refractivity contribution in [1.82, 2.24) is 15.1 Å². The Balaban J connectivity index is 2.34. The van der Waals surface area contributed by atoms with Gasteiger partial charge in [-0.05, 0) is 19.9 Å². The van der Waals surface area contributed by atoms with Crippen molar-refractivity contribution in [3.05, 3.63) is 18.0 Å². The first-order valence-electron chi connectivity index (χ1n) is 5.47. The van der Waals surface area contributed by atoms with Crippen molar-refractivity contribution in [2.24, 2.45) is 7.05 Å². The predicted molar refractivity (Wildman–Crippen MR) is 62.1 cm³/mol. The number of methoxy groups -OCH3 is 1. The maximum absolute atomic E-state index is 10.2. The van der Waals surface area contributed by atoms with E-state index in [4.69, 9.17) is 4.74 Å². The molecule has 0 radical (unpaired) electrons. The van der Waals surface area contributed by atoms with Crippen LogP contribution in [0.1, 0.15) is 18.9 Å². The zero-order chi connectivity index (χ0) is 12.0. The maximum atomic E-state index is 10.2. The topological polar surface area (TPSA) is 59.3 Å². The van der Waals surface area contributed by atoms with Gasteiger partial charge in [0.1, 0.15) is 0 Å². The molecule has 1 aromatic rings. The highest BCUT2D eigenvalue weighted by molar-refractivity contribution is 5.13. The van der Waals surface area contributed by atoms with Gasteiger partial charge in [-0.25, -0.2) is 0 Å². The van der Waals surface area contributed by atoms with Crippen LogP contribution in [0.4, 0.5) is 0 Å². The molecule has 0 saturated heterocycles. The van der Waals surface area contributed by atoms with Crippen molar-refractivity contribution < 1.29 is 9.84 Å². The maximum Gasteiger partial charge on any atom is 0.0910 e. The summed E-state index contributed by atoms with van der Waals surface area (Å²) in [6.45, 7) is 4.06. The van der Waals surface area contributed by atoms with E-state index in [-0.39, 0.29) is 0 Å². The summed E-state index contributed by atoms with van der Waals surface area (Å²) < 4.78 is 6.62. The Kier molecular flexibility index (Phi) is 4.92. The Morgan fingerprint density at radius 2 is 2.31 bits per heavy atom. The van der Waals surface area contributed by atoms with Gasteiger partial charge < -0.3 is 15.2 Å². The lowest BCUT2D eigenvalue weighted by Gasteiger charge is -2.21. The van der Waals surface area contributed by atoms with Gasteiger partial charge in [0.25, 0.3) is 0 Å². The largest absolute Gasteiger partial charge is 0.385 e. The van der Waals surface area contributed by atoms with Crippen LogP contribution < -0.4 is 5.32 Å². The monoisotopic (exact) mass is 227 g/mol. The van der Waals surface area contributed by atoms with Crippen LogP contribution in [-0.2, 0) is 17.4 Å². The zero-order valence-corrected chi connectivity index (χ0v) is 10.2. The minimum Gasteiger partial charge on any atom is -0.385 e. The Morgan fingerprint density at radius 1 is 1.56 bits per heavy atom. The molecule has 16 heavy (non-hydrogen) atoms. The molecule has 0 aliphatic carbocycles. The summed E-state index contributed by atoms with van der Waals surface area (Å²) in [4.78, 5) is 0. The summed E-state index contributed by atoms with van der Waals surface area (Å²) in [5.74, 6) is 0. The first kappa shape index (κ1) is 13.2. The number of aromatic nitrogens is 2. The highest BCUT2D eigenvalue weighted by Gasteiger charge is 2.23. The third kappa shape index (κ3) is 3.92. The van der Waals surface area contributed by atoms with Gasteiger partial charge >= 0.3 is 0 Å². The van der Waals surface area contributed by atoms with Gasteiger partial charge in [0.05, 0.1) is 18.4 Å². The first-order chi connectivity index (χ1) is 7.56. The molecule has 0 saturated carbocycles. The van der Waals surface area contributed by atoms with E-state index in [1.807, 2.05) is 20.2 Å². The molecule has 1 heterocycles. The molecule has 1 aromatic heterocycles. The summed E-state index contributed by atoms with van der Waals surface area (Å²) in [5, 5.41) is 17.5. The summed E-state index contributed by atoms with van der Waals surface area (Å²) in [7, 11) is 3.52. The lowest BCUT2D eigenvalue weighted by atomic mass is 9.95. The van der Waals surface area contributed by atoms with Gasteiger partial charge in [-0.15, -0.1) is 0 Å². The molecule has 0 bridgehead atoms. The molecule has 0 amide bonds. The number of ether oxygens (including phenoxy) is 1. The minimum absolute atomic E-state index is 0.655. The van der Waals surface area contributed by atoms with Crippen LogP contribution in [0.3, 0.4) is 0 Å². The highest BCUT2D eigenvalue weighted by atomic mass is 16.5. The van der Waals surface area contributed by atoms with Gasteiger partial charge in [0, 0.05) is 32.5 Å². The van der Waals surface area contributed by atoms with Crippen LogP contribution in [0, 0.1) is 0 Å². The normalized spacial score (nSPS) is 15.0. The fraction of sp³-hybridized carbons (Fsp3) is 0.727. The molecule has 0 aliphatic rings. The van der Waals surface area contributed by atoms with Crippen molar-refractivity contribution in [1.29, 1.82) is 0 Å². The van der Waals surface area contributed by atoms with Crippen molar-refractivity contribution in [2.45, 2.75) is 18.9 Å². The number of nitrogens with zero attached hydrogens (tertiary/aromatic N) is 2. The number of aryl methyl sites for hydroxylation is 1. The van der Waals surface area contributed by atoms with E-state index in [0.717, 1.165) is 18.7 Å². The van der Waals surface area contributed by atoms with E-state index >= 15 is 0 Å². The average molecular weight is 227 g/mol. The molecule has 1 rings (SSSR count). The van der Waals surface area contributed by atoms with Crippen LogP contribution >= 0.6 is 0 Å². The summed E-state index contributed by atoms with van der Waals surface area (Å²) in [5.41, 5.74) is 0.0254. The Labute approximate surface area is 96.4 Å². The van der Waals surface area contributed by atoms with Crippen molar-refractivity contribution in [2.75, 3.05) is 26.8 Å². The number of hydrogen-bond acceptors (Lipinski definition) is 4. The van der Waals surface area contributed by atoms with Gasteiger partial charge in [0.15, 0.2) is 0 Å². The average Bonchev–Trinajstić information content (AvgIpc) is 2.65. The van der Waals surface area contributed by atoms with E-state index in [1.54, 1.807) is 18.0 Å². The van der Waals surface area contributed by atoms with Gasteiger partial charge in [0.2, 0.25) is 0 Å². The van der Waals surface area contributed by atoms with E-state index in [9.17, 15) is 5.11 Å². The Hall–Kier alpha value is -0.910. The molecule has 5 heteroatoms. The lowest BCUT2D eigenvalue weighted by Crippen LogP contribution is -2.29. The fourth-order valence-corrected chi connectivity index (χ4v) is 1.47. The van der Waals surface area contributed by atoms with Crippen molar-refractivity contribution in [3.63, 3.8) is 0 Å². The van der Waals surface area contributed by atoms with Crippen LogP contribution in [0.5, 0.6) is 0 Å². The van der Waals surface area contributed by atoms with Crippen LogP contribution in [0.25, 0.3) is 0 Å². The number of rotatable bonds is 7. The molecule has 0 fully saturated rings. The van der Waals surface area contributed by atoms with Gasteiger partial charge in [-0.2, -0.15) is 5.10 Å². The second-order valence-corrected chi connectivity index (χ2v) is 4.17.